The predicted octanol–water partition coefficient (Wildman–Crippen LogP) is 3.80. The lowest BCUT2D eigenvalue weighted by Crippen LogP contribution is -2.38. The SMILES string of the molecule is CCOc1cc(C(=O)Nc2ccc(CC(=O)NC(C)C)cc2)ccc1OCC(=O)N1CCCCC1. The van der Waals surface area contributed by atoms with Crippen molar-refractivity contribution in [2.24, 2.45) is 0 Å². The minimum atomic E-state index is -0.299. The molecule has 0 aromatic heterocycles. The van der Waals surface area contributed by atoms with E-state index in [4.69, 9.17) is 9.47 Å². The highest BCUT2D eigenvalue weighted by Crippen LogP contribution is 2.29. The topological polar surface area (TPSA) is 97.0 Å². The highest BCUT2D eigenvalue weighted by Gasteiger charge is 2.18. The van der Waals surface area contributed by atoms with Crippen LogP contribution in [0.1, 0.15) is 56.0 Å². The molecule has 0 unspecified atom stereocenters. The molecule has 8 nitrogen and oxygen atoms in total. The van der Waals surface area contributed by atoms with Crippen molar-refractivity contribution < 1.29 is 23.9 Å². The van der Waals surface area contributed by atoms with Crippen LogP contribution in [0, 0.1) is 0 Å². The quantitative estimate of drug-likeness (QED) is 0.538. The molecule has 1 saturated heterocycles. The van der Waals surface area contributed by atoms with Crippen LogP contribution in [0.2, 0.25) is 0 Å². The summed E-state index contributed by atoms with van der Waals surface area (Å²) in [5, 5.41) is 5.72. The molecule has 188 valence electrons. The van der Waals surface area contributed by atoms with Crippen molar-refractivity contribution in [2.75, 3.05) is 31.6 Å². The first-order valence-electron chi connectivity index (χ1n) is 12.2. The first-order chi connectivity index (χ1) is 16.9. The Labute approximate surface area is 207 Å². The summed E-state index contributed by atoms with van der Waals surface area (Å²) in [5.74, 6) is 0.461. The Morgan fingerprint density at radius 3 is 2.31 bits per heavy atom. The Bertz CT molecular complexity index is 1010. The second-order valence-corrected chi connectivity index (χ2v) is 8.87. The lowest BCUT2D eigenvalue weighted by molar-refractivity contribution is -0.134. The second-order valence-electron chi connectivity index (χ2n) is 8.87. The highest BCUT2D eigenvalue weighted by molar-refractivity contribution is 6.04. The number of amides is 3. The van der Waals surface area contributed by atoms with Crippen LogP contribution in [0.15, 0.2) is 42.5 Å². The van der Waals surface area contributed by atoms with E-state index in [2.05, 4.69) is 10.6 Å². The van der Waals surface area contributed by atoms with Gasteiger partial charge in [0.25, 0.3) is 11.8 Å². The molecule has 1 aliphatic rings. The third kappa shape index (κ3) is 8.02. The molecule has 3 rings (SSSR count). The van der Waals surface area contributed by atoms with Crippen LogP contribution in [0.25, 0.3) is 0 Å². The van der Waals surface area contributed by atoms with Gasteiger partial charge in [0.1, 0.15) is 0 Å². The number of ether oxygens (including phenoxy) is 2. The van der Waals surface area contributed by atoms with Gasteiger partial charge in [-0.3, -0.25) is 14.4 Å². The van der Waals surface area contributed by atoms with E-state index in [-0.39, 0.29) is 36.8 Å². The summed E-state index contributed by atoms with van der Waals surface area (Å²) >= 11 is 0. The summed E-state index contributed by atoms with van der Waals surface area (Å²) in [5.41, 5.74) is 1.89. The molecule has 2 aromatic rings. The number of nitrogens with one attached hydrogen (secondary N) is 2. The monoisotopic (exact) mass is 481 g/mol. The van der Waals surface area contributed by atoms with Crippen molar-refractivity contribution >= 4 is 23.4 Å². The Kier molecular flexibility index (Phi) is 9.52. The number of anilines is 1. The van der Waals surface area contributed by atoms with Crippen LogP contribution < -0.4 is 20.1 Å². The number of carbonyl (C=O) groups excluding carboxylic acids is 3. The maximum absolute atomic E-state index is 12.8. The van der Waals surface area contributed by atoms with Gasteiger partial charge in [-0.1, -0.05) is 12.1 Å². The van der Waals surface area contributed by atoms with E-state index in [0.29, 0.717) is 29.4 Å². The number of piperidine rings is 1. The van der Waals surface area contributed by atoms with E-state index in [9.17, 15) is 14.4 Å². The van der Waals surface area contributed by atoms with Gasteiger partial charge in [0.2, 0.25) is 5.91 Å². The summed E-state index contributed by atoms with van der Waals surface area (Å²) in [7, 11) is 0. The molecule has 0 spiro atoms. The lowest BCUT2D eigenvalue weighted by atomic mass is 10.1. The molecule has 1 aliphatic heterocycles. The van der Waals surface area contributed by atoms with E-state index < -0.39 is 0 Å². The van der Waals surface area contributed by atoms with Crippen LogP contribution in [0.3, 0.4) is 0 Å². The fourth-order valence-electron chi connectivity index (χ4n) is 3.88. The van der Waals surface area contributed by atoms with Gasteiger partial charge in [-0.15, -0.1) is 0 Å². The van der Waals surface area contributed by atoms with Crippen molar-refractivity contribution in [1.82, 2.24) is 10.2 Å². The largest absolute Gasteiger partial charge is 0.490 e. The van der Waals surface area contributed by atoms with Crippen LogP contribution in [-0.2, 0) is 16.0 Å². The number of carbonyl (C=O) groups is 3. The summed E-state index contributed by atoms with van der Waals surface area (Å²) in [6.45, 7) is 7.55. The van der Waals surface area contributed by atoms with Crippen molar-refractivity contribution in [3.63, 3.8) is 0 Å². The van der Waals surface area contributed by atoms with Gasteiger partial charge in [0, 0.05) is 30.4 Å². The van der Waals surface area contributed by atoms with E-state index in [1.54, 1.807) is 30.3 Å². The molecule has 0 radical (unpaired) electrons. The first-order valence-corrected chi connectivity index (χ1v) is 12.2. The Morgan fingerprint density at radius 1 is 0.943 bits per heavy atom. The van der Waals surface area contributed by atoms with Gasteiger partial charge in [0.15, 0.2) is 18.1 Å². The van der Waals surface area contributed by atoms with Gasteiger partial charge >= 0.3 is 0 Å². The zero-order valence-electron chi connectivity index (χ0n) is 20.8. The standard InChI is InChI=1S/C27H35N3O5/c1-4-34-24-17-21(10-13-23(24)35-18-26(32)30-14-6-5-7-15-30)27(33)29-22-11-8-20(9-12-22)16-25(31)28-19(2)3/h8-13,17,19H,4-7,14-16,18H2,1-3H3,(H,28,31)(H,29,33). The lowest BCUT2D eigenvalue weighted by Gasteiger charge is -2.26. The molecule has 0 bridgehead atoms. The van der Waals surface area contributed by atoms with Crippen molar-refractivity contribution in [3.8, 4) is 11.5 Å². The van der Waals surface area contributed by atoms with Gasteiger partial charge in [0.05, 0.1) is 13.0 Å². The third-order valence-electron chi connectivity index (χ3n) is 5.59. The maximum Gasteiger partial charge on any atom is 0.260 e. The summed E-state index contributed by atoms with van der Waals surface area (Å²) in [6.07, 6.45) is 3.49. The van der Waals surface area contributed by atoms with Gasteiger partial charge in [-0.25, -0.2) is 0 Å². The molecule has 0 aliphatic carbocycles. The molecule has 35 heavy (non-hydrogen) atoms. The molecular weight excluding hydrogens is 446 g/mol. The first kappa shape index (κ1) is 26.1. The fourth-order valence-corrected chi connectivity index (χ4v) is 3.88. The average Bonchev–Trinajstić information content (AvgIpc) is 2.84. The van der Waals surface area contributed by atoms with Crippen LogP contribution in [0.5, 0.6) is 11.5 Å². The minimum absolute atomic E-state index is 0.0415. The van der Waals surface area contributed by atoms with E-state index >= 15 is 0 Å². The molecule has 3 amide bonds. The highest BCUT2D eigenvalue weighted by atomic mass is 16.5. The molecule has 1 heterocycles. The van der Waals surface area contributed by atoms with Crippen LogP contribution in [-0.4, -0.2) is 55.0 Å². The zero-order valence-corrected chi connectivity index (χ0v) is 20.8. The van der Waals surface area contributed by atoms with Gasteiger partial charge < -0.3 is 25.0 Å². The molecule has 2 N–H and O–H groups in total. The normalized spacial score (nSPS) is 13.3. The summed E-state index contributed by atoms with van der Waals surface area (Å²) in [6, 6.07) is 12.2. The van der Waals surface area contributed by atoms with E-state index in [1.165, 1.54) is 0 Å². The van der Waals surface area contributed by atoms with E-state index in [0.717, 1.165) is 37.9 Å². The summed E-state index contributed by atoms with van der Waals surface area (Å²) < 4.78 is 11.4. The average molecular weight is 482 g/mol. The van der Waals surface area contributed by atoms with Gasteiger partial charge in [-0.2, -0.15) is 0 Å². The fraction of sp³-hybridized carbons (Fsp3) is 0.444. The number of hydrogen-bond acceptors (Lipinski definition) is 5. The predicted molar refractivity (Wildman–Crippen MR) is 135 cm³/mol. The van der Waals surface area contributed by atoms with Crippen LogP contribution >= 0.6 is 0 Å². The Morgan fingerprint density at radius 2 is 1.66 bits per heavy atom. The van der Waals surface area contributed by atoms with Crippen molar-refractivity contribution in [1.29, 1.82) is 0 Å². The second kappa shape index (κ2) is 12.8. The molecule has 8 heteroatoms. The smallest absolute Gasteiger partial charge is 0.260 e. The summed E-state index contributed by atoms with van der Waals surface area (Å²) in [4.78, 5) is 39.0. The number of rotatable bonds is 10. The molecule has 2 aromatic carbocycles. The van der Waals surface area contributed by atoms with Crippen LogP contribution in [0.4, 0.5) is 5.69 Å². The Balaban J connectivity index is 1.60. The zero-order chi connectivity index (χ0) is 25.2. The number of likely N-dealkylation sites (tertiary alicyclic amines) is 1. The maximum atomic E-state index is 12.8. The molecule has 0 atom stereocenters. The van der Waals surface area contributed by atoms with E-state index in [1.807, 2.05) is 37.8 Å². The molecule has 0 saturated carbocycles. The number of nitrogens with zero attached hydrogens (tertiary/aromatic N) is 1. The number of hydrogen-bond donors (Lipinski definition) is 2. The van der Waals surface area contributed by atoms with Crippen molar-refractivity contribution in [2.45, 2.75) is 52.5 Å². The molecule has 1 fully saturated rings. The molecular formula is C27H35N3O5. The minimum Gasteiger partial charge on any atom is -0.490 e. The Hall–Kier alpha value is -3.55. The van der Waals surface area contributed by atoms with Gasteiger partial charge in [-0.05, 0) is 75.9 Å². The van der Waals surface area contributed by atoms with Crippen molar-refractivity contribution in [3.05, 3.63) is 53.6 Å². The third-order valence-corrected chi connectivity index (χ3v) is 5.59. The number of benzene rings is 2.